The lowest BCUT2D eigenvalue weighted by Crippen LogP contribution is -2.28. The first-order valence-corrected chi connectivity index (χ1v) is 10.1. The lowest BCUT2D eigenvalue weighted by Gasteiger charge is -2.26. The van der Waals surface area contributed by atoms with E-state index in [0.717, 1.165) is 29.7 Å². The maximum absolute atomic E-state index is 5.78. The van der Waals surface area contributed by atoms with Gasteiger partial charge in [-0.2, -0.15) is 10.1 Å². The van der Waals surface area contributed by atoms with Gasteiger partial charge in [0, 0.05) is 44.5 Å². The molecule has 3 heterocycles. The Morgan fingerprint density at radius 3 is 2.77 bits per heavy atom. The van der Waals surface area contributed by atoms with Crippen LogP contribution in [0.5, 0.6) is 0 Å². The van der Waals surface area contributed by atoms with Crippen LogP contribution in [0.1, 0.15) is 36.8 Å². The smallest absolute Gasteiger partial charge is 0.261 e. The third-order valence-electron chi connectivity index (χ3n) is 5.72. The van der Waals surface area contributed by atoms with Crippen molar-refractivity contribution < 1.29 is 4.52 Å². The van der Waals surface area contributed by atoms with Crippen molar-refractivity contribution in [1.82, 2.24) is 30.2 Å². The molecule has 3 N–H and O–H groups in total. The lowest BCUT2D eigenvalue weighted by atomic mass is 9.77. The predicted molar refractivity (Wildman–Crippen MR) is 119 cm³/mol. The molecule has 0 radical (unpaired) electrons. The van der Waals surface area contributed by atoms with Crippen LogP contribution in [0, 0.1) is 5.92 Å². The first-order chi connectivity index (χ1) is 15.0. The van der Waals surface area contributed by atoms with Crippen molar-refractivity contribution in [2.75, 3.05) is 7.05 Å². The summed E-state index contributed by atoms with van der Waals surface area (Å²) in [7, 11) is 3.61. The molecule has 1 fully saturated rings. The zero-order valence-electron chi connectivity index (χ0n) is 17.9. The molecule has 0 spiro atoms. The summed E-state index contributed by atoms with van der Waals surface area (Å²) in [4.78, 5) is 13.6. The highest BCUT2D eigenvalue weighted by Crippen LogP contribution is 2.50. The van der Waals surface area contributed by atoms with Crippen LogP contribution < -0.4 is 11.1 Å². The van der Waals surface area contributed by atoms with Gasteiger partial charge in [0.15, 0.2) is 5.82 Å². The minimum Gasteiger partial charge on any atom is -0.404 e. The molecule has 0 saturated heterocycles. The van der Waals surface area contributed by atoms with E-state index in [-0.39, 0.29) is 0 Å². The maximum Gasteiger partial charge on any atom is 0.261 e. The Bertz CT molecular complexity index is 1140. The summed E-state index contributed by atoms with van der Waals surface area (Å²) < 4.78 is 7.27. The molecule has 3 aromatic rings. The Labute approximate surface area is 180 Å². The quantitative estimate of drug-likeness (QED) is 0.540. The van der Waals surface area contributed by atoms with Crippen LogP contribution in [0.2, 0.25) is 0 Å². The molecule has 1 saturated carbocycles. The number of nitrogens with zero attached hydrogens (tertiary/aromatic N) is 6. The van der Waals surface area contributed by atoms with Crippen LogP contribution in [0.3, 0.4) is 0 Å². The van der Waals surface area contributed by atoms with Gasteiger partial charge in [0.05, 0.1) is 22.9 Å². The van der Waals surface area contributed by atoms with Gasteiger partial charge in [-0.3, -0.25) is 9.67 Å². The summed E-state index contributed by atoms with van der Waals surface area (Å²) in [6.07, 6.45) is 10.8. The van der Waals surface area contributed by atoms with Gasteiger partial charge in [-0.25, -0.2) is 4.99 Å². The summed E-state index contributed by atoms with van der Waals surface area (Å²) in [5, 5.41) is 11.4. The monoisotopic (exact) mass is 418 g/mol. The fraction of sp³-hybridized carbons (Fsp3) is 0.318. The van der Waals surface area contributed by atoms with Gasteiger partial charge < -0.3 is 15.6 Å². The second kappa shape index (κ2) is 8.17. The van der Waals surface area contributed by atoms with Gasteiger partial charge in [-0.15, -0.1) is 0 Å². The molecule has 3 aromatic heterocycles. The summed E-state index contributed by atoms with van der Waals surface area (Å²) in [5.74, 6) is 2.10. The highest BCUT2D eigenvalue weighted by molar-refractivity contribution is 6.09. The van der Waals surface area contributed by atoms with E-state index in [9.17, 15) is 0 Å². The second-order valence-corrected chi connectivity index (χ2v) is 7.81. The van der Waals surface area contributed by atoms with Crippen molar-refractivity contribution in [3.05, 3.63) is 66.4 Å². The summed E-state index contributed by atoms with van der Waals surface area (Å²) >= 11 is 0. The summed E-state index contributed by atoms with van der Waals surface area (Å²) in [6.45, 7) is 5.93. The summed E-state index contributed by atoms with van der Waals surface area (Å²) in [6, 6.07) is 3.98. The molecule has 0 aliphatic heterocycles. The van der Waals surface area contributed by atoms with E-state index in [4.69, 9.17) is 15.2 Å². The average molecular weight is 419 g/mol. The molecular weight excluding hydrogens is 392 g/mol. The molecule has 1 aliphatic carbocycles. The van der Waals surface area contributed by atoms with Crippen LogP contribution in [-0.2, 0) is 12.5 Å². The Hall–Kier alpha value is -3.75. The van der Waals surface area contributed by atoms with Gasteiger partial charge in [0.2, 0.25) is 0 Å². The molecule has 0 unspecified atom stereocenters. The third kappa shape index (κ3) is 3.98. The van der Waals surface area contributed by atoms with Crippen molar-refractivity contribution in [2.24, 2.45) is 23.7 Å². The second-order valence-electron chi connectivity index (χ2n) is 7.81. The molecule has 1 aliphatic rings. The number of aromatic nitrogens is 5. The van der Waals surface area contributed by atoms with Gasteiger partial charge in [-0.1, -0.05) is 17.8 Å². The van der Waals surface area contributed by atoms with E-state index in [2.05, 4.69) is 39.1 Å². The molecule has 0 bridgehead atoms. The van der Waals surface area contributed by atoms with E-state index in [1.54, 1.807) is 24.1 Å². The van der Waals surface area contributed by atoms with Crippen molar-refractivity contribution in [3.63, 3.8) is 0 Å². The van der Waals surface area contributed by atoms with Crippen LogP contribution in [0.15, 0.2) is 58.8 Å². The SMILES string of the molecule is C=C(N=C/C(=C\N)c1ccc([C@](C)(c2noc(-c3cnn(C)c3)n2)C2CC2)cn1)NC. The zero-order valence-corrected chi connectivity index (χ0v) is 17.9. The molecule has 1 atom stereocenters. The normalized spacial score (nSPS) is 16.4. The number of rotatable bonds is 8. The van der Waals surface area contributed by atoms with E-state index in [1.807, 2.05) is 31.6 Å². The van der Waals surface area contributed by atoms with Crippen LogP contribution in [0.25, 0.3) is 17.0 Å². The number of allylic oxidation sites excluding steroid dienone is 1. The van der Waals surface area contributed by atoms with E-state index >= 15 is 0 Å². The minimum atomic E-state index is -0.392. The van der Waals surface area contributed by atoms with Crippen LogP contribution >= 0.6 is 0 Å². The number of pyridine rings is 1. The molecule has 0 aromatic carbocycles. The number of nitrogens with one attached hydrogen (secondary N) is 1. The molecule has 160 valence electrons. The first kappa shape index (κ1) is 20.5. The fourth-order valence-electron chi connectivity index (χ4n) is 3.57. The molecule has 31 heavy (non-hydrogen) atoms. The van der Waals surface area contributed by atoms with E-state index in [1.165, 1.54) is 6.20 Å². The van der Waals surface area contributed by atoms with Crippen molar-refractivity contribution >= 4 is 11.8 Å². The van der Waals surface area contributed by atoms with Crippen molar-refractivity contribution in [1.29, 1.82) is 0 Å². The van der Waals surface area contributed by atoms with Gasteiger partial charge in [0.25, 0.3) is 5.89 Å². The Kier molecular flexibility index (Phi) is 5.41. The standard InChI is InChI=1S/C22H26N8O/c1-14(24-3)25-10-15(9-23)19-8-7-18(12-26-19)22(2,17-5-6-17)21-28-20(31-29-21)16-11-27-30(4)13-16/h7-13,17,24H,1,5-6,23H2,2-4H3/b15-9+,25-10?/t22-/m1/s1. The Morgan fingerprint density at radius 2 is 2.19 bits per heavy atom. The van der Waals surface area contributed by atoms with Crippen molar-refractivity contribution in [3.8, 4) is 11.5 Å². The van der Waals surface area contributed by atoms with E-state index in [0.29, 0.717) is 29.0 Å². The number of aliphatic imine (C=N–C) groups is 1. The third-order valence-corrected chi connectivity index (χ3v) is 5.72. The number of aryl methyl sites for hydroxylation is 1. The zero-order chi connectivity index (χ0) is 22.0. The molecule has 9 nitrogen and oxygen atoms in total. The van der Waals surface area contributed by atoms with E-state index < -0.39 is 5.41 Å². The lowest BCUT2D eigenvalue weighted by molar-refractivity contribution is 0.386. The first-order valence-electron chi connectivity index (χ1n) is 10.1. The van der Waals surface area contributed by atoms with Crippen LogP contribution in [0.4, 0.5) is 0 Å². The van der Waals surface area contributed by atoms with Gasteiger partial charge >= 0.3 is 0 Å². The van der Waals surface area contributed by atoms with Crippen LogP contribution in [-0.4, -0.2) is 38.2 Å². The number of nitrogens with two attached hydrogens (primary N) is 1. The molecular formula is C22H26N8O. The van der Waals surface area contributed by atoms with Crippen molar-refractivity contribution in [2.45, 2.75) is 25.2 Å². The average Bonchev–Trinajstić information content (AvgIpc) is 3.37. The largest absolute Gasteiger partial charge is 0.404 e. The molecule has 4 rings (SSSR count). The predicted octanol–water partition coefficient (Wildman–Crippen LogP) is 2.64. The molecule has 0 amide bonds. The fourth-order valence-corrected chi connectivity index (χ4v) is 3.57. The van der Waals surface area contributed by atoms with Gasteiger partial charge in [0.1, 0.15) is 5.82 Å². The number of hydrogen-bond donors (Lipinski definition) is 2. The summed E-state index contributed by atoms with van der Waals surface area (Å²) in [5.41, 5.74) is 8.65. The maximum atomic E-state index is 5.78. The highest BCUT2D eigenvalue weighted by Gasteiger charge is 2.47. The molecule has 9 heteroatoms. The minimum absolute atomic E-state index is 0.392. The topological polar surface area (TPSA) is 120 Å². The Balaban J connectivity index is 1.64. The van der Waals surface area contributed by atoms with Gasteiger partial charge in [-0.05, 0) is 37.3 Å². The Morgan fingerprint density at radius 1 is 1.39 bits per heavy atom. The highest BCUT2D eigenvalue weighted by atomic mass is 16.5. The number of hydrogen-bond acceptors (Lipinski definition) is 8.